The summed E-state index contributed by atoms with van der Waals surface area (Å²) < 4.78 is 10.3. The van der Waals surface area contributed by atoms with Crippen molar-refractivity contribution in [1.29, 1.82) is 0 Å². The van der Waals surface area contributed by atoms with Crippen molar-refractivity contribution in [1.82, 2.24) is 0 Å². The molecule has 0 fully saturated rings. The van der Waals surface area contributed by atoms with Gasteiger partial charge in [0.05, 0.1) is 17.9 Å². The first kappa shape index (κ1) is 18.7. The van der Waals surface area contributed by atoms with E-state index < -0.39 is 5.97 Å². The van der Waals surface area contributed by atoms with E-state index in [1.807, 2.05) is 0 Å². The van der Waals surface area contributed by atoms with Gasteiger partial charge in [-0.05, 0) is 43.3 Å². The highest BCUT2D eigenvalue weighted by molar-refractivity contribution is 6.31. The third kappa shape index (κ3) is 4.38. The number of nitrogens with one attached hydrogen (secondary N) is 1. The predicted octanol–water partition coefficient (Wildman–Crippen LogP) is 2.88. The van der Waals surface area contributed by atoms with Crippen LogP contribution in [0, 0.1) is 0 Å². The molecule has 3 rings (SSSR count). The van der Waals surface area contributed by atoms with Crippen molar-refractivity contribution >= 4 is 40.8 Å². The highest BCUT2D eigenvalue weighted by Gasteiger charge is 2.27. The molecule has 0 spiro atoms. The van der Waals surface area contributed by atoms with Crippen LogP contribution in [0.25, 0.3) is 0 Å². The molecule has 27 heavy (non-hydrogen) atoms. The van der Waals surface area contributed by atoms with E-state index in [0.717, 1.165) is 0 Å². The normalized spacial score (nSPS) is 12.8. The van der Waals surface area contributed by atoms with E-state index >= 15 is 0 Å². The van der Waals surface area contributed by atoms with Crippen LogP contribution in [0.5, 0.6) is 5.75 Å². The van der Waals surface area contributed by atoms with E-state index in [1.165, 1.54) is 4.90 Å². The fraction of sp³-hybridized carbons (Fsp3) is 0.211. The number of amides is 2. The van der Waals surface area contributed by atoms with E-state index in [0.29, 0.717) is 27.7 Å². The van der Waals surface area contributed by atoms with Crippen molar-refractivity contribution in [3.05, 3.63) is 53.1 Å². The Kier molecular flexibility index (Phi) is 5.61. The number of anilines is 2. The Morgan fingerprint density at radius 3 is 2.67 bits per heavy atom. The second-order valence-corrected chi connectivity index (χ2v) is 6.16. The monoisotopic (exact) mass is 388 g/mol. The summed E-state index contributed by atoms with van der Waals surface area (Å²) >= 11 is 5.93. The molecule has 2 amide bonds. The summed E-state index contributed by atoms with van der Waals surface area (Å²) in [6.45, 7) is 1.69. The second kappa shape index (κ2) is 8.09. The molecule has 0 saturated heterocycles. The minimum absolute atomic E-state index is 0.158. The van der Waals surface area contributed by atoms with Gasteiger partial charge in [0.25, 0.3) is 5.91 Å². The molecule has 2 aromatic carbocycles. The van der Waals surface area contributed by atoms with Gasteiger partial charge in [-0.2, -0.15) is 0 Å². The number of fused-ring (bicyclic) bond motifs is 1. The lowest BCUT2D eigenvalue weighted by Crippen LogP contribution is -2.43. The maximum Gasteiger partial charge on any atom is 0.338 e. The van der Waals surface area contributed by atoms with E-state index in [1.54, 1.807) is 49.4 Å². The molecule has 0 atom stereocenters. The molecule has 0 radical (unpaired) electrons. The molecular weight excluding hydrogens is 372 g/mol. The van der Waals surface area contributed by atoms with Gasteiger partial charge in [0.15, 0.2) is 6.61 Å². The Morgan fingerprint density at radius 1 is 1.22 bits per heavy atom. The van der Waals surface area contributed by atoms with E-state index in [9.17, 15) is 14.4 Å². The van der Waals surface area contributed by atoms with Crippen LogP contribution >= 0.6 is 11.6 Å². The van der Waals surface area contributed by atoms with Crippen LogP contribution in [0.3, 0.4) is 0 Å². The maximum atomic E-state index is 12.4. The van der Waals surface area contributed by atoms with Gasteiger partial charge in [-0.25, -0.2) is 4.79 Å². The van der Waals surface area contributed by atoms with E-state index in [2.05, 4.69) is 5.32 Å². The average Bonchev–Trinajstić information content (AvgIpc) is 2.65. The largest absolute Gasteiger partial charge is 0.482 e. The number of esters is 1. The zero-order valence-electron chi connectivity index (χ0n) is 14.5. The Morgan fingerprint density at radius 2 is 1.96 bits per heavy atom. The SMILES string of the molecule is CCOC(=O)c1ccc(NC(=O)CN2C(=O)COc3cc(Cl)ccc32)cc1. The fourth-order valence-electron chi connectivity index (χ4n) is 2.60. The van der Waals surface area contributed by atoms with E-state index in [-0.39, 0.29) is 31.6 Å². The Bertz CT molecular complexity index is 882. The number of carbonyl (C=O) groups is 3. The zero-order chi connectivity index (χ0) is 19.4. The summed E-state index contributed by atoms with van der Waals surface area (Å²) in [6.07, 6.45) is 0. The van der Waals surface area contributed by atoms with Crippen molar-refractivity contribution in [2.75, 3.05) is 30.0 Å². The fourth-order valence-corrected chi connectivity index (χ4v) is 2.76. The Balaban J connectivity index is 1.67. The predicted molar refractivity (Wildman–Crippen MR) is 100 cm³/mol. The molecular formula is C19H17ClN2O5. The zero-order valence-corrected chi connectivity index (χ0v) is 15.3. The molecule has 1 aliphatic rings. The summed E-state index contributed by atoms with van der Waals surface area (Å²) in [5.41, 5.74) is 1.39. The lowest BCUT2D eigenvalue weighted by atomic mass is 10.2. The van der Waals surface area contributed by atoms with Crippen LogP contribution < -0.4 is 15.0 Å². The molecule has 0 aliphatic carbocycles. The van der Waals surface area contributed by atoms with Gasteiger partial charge < -0.3 is 14.8 Å². The topological polar surface area (TPSA) is 84.9 Å². The number of rotatable bonds is 5. The lowest BCUT2D eigenvalue weighted by molar-refractivity contribution is -0.123. The third-order valence-electron chi connectivity index (χ3n) is 3.85. The molecule has 1 aliphatic heterocycles. The van der Waals surface area contributed by atoms with Crippen molar-refractivity contribution in [3.8, 4) is 5.75 Å². The number of hydrogen-bond donors (Lipinski definition) is 1. The van der Waals surface area contributed by atoms with Gasteiger partial charge in [-0.1, -0.05) is 11.6 Å². The minimum Gasteiger partial charge on any atom is -0.482 e. The van der Waals surface area contributed by atoms with Crippen LogP contribution in [0.1, 0.15) is 17.3 Å². The van der Waals surface area contributed by atoms with Crippen LogP contribution in [0.4, 0.5) is 11.4 Å². The summed E-state index contributed by atoms with van der Waals surface area (Å²) in [6, 6.07) is 11.2. The number of halogens is 1. The summed E-state index contributed by atoms with van der Waals surface area (Å²) in [5.74, 6) is -0.675. The molecule has 2 aromatic rings. The molecule has 1 N–H and O–H groups in total. The Hall–Kier alpha value is -3.06. The van der Waals surface area contributed by atoms with Crippen molar-refractivity contribution < 1.29 is 23.9 Å². The van der Waals surface area contributed by atoms with Gasteiger partial charge in [0.1, 0.15) is 12.3 Å². The molecule has 0 unspecified atom stereocenters. The summed E-state index contributed by atoms with van der Waals surface area (Å²) in [5, 5.41) is 3.18. The molecule has 140 valence electrons. The Labute approximate surface area is 160 Å². The molecule has 1 heterocycles. The van der Waals surface area contributed by atoms with Gasteiger partial charge in [0, 0.05) is 16.8 Å². The van der Waals surface area contributed by atoms with E-state index in [4.69, 9.17) is 21.1 Å². The number of benzene rings is 2. The molecule has 0 saturated carbocycles. The first-order chi connectivity index (χ1) is 13.0. The number of nitrogens with zero attached hydrogens (tertiary/aromatic N) is 1. The van der Waals surface area contributed by atoms with Crippen LogP contribution in [-0.4, -0.2) is 37.5 Å². The first-order valence-corrected chi connectivity index (χ1v) is 8.65. The standard InChI is InChI=1S/C19H17ClN2O5/c1-2-26-19(25)12-3-6-14(7-4-12)21-17(23)10-22-15-8-5-13(20)9-16(15)27-11-18(22)24/h3-9H,2,10-11H2,1H3,(H,21,23). The molecule has 0 bridgehead atoms. The van der Waals surface area contributed by atoms with Gasteiger partial charge in [-0.15, -0.1) is 0 Å². The van der Waals surface area contributed by atoms with Gasteiger partial charge >= 0.3 is 5.97 Å². The smallest absolute Gasteiger partial charge is 0.338 e. The number of carbonyl (C=O) groups excluding carboxylic acids is 3. The van der Waals surface area contributed by atoms with Crippen LogP contribution in [0.15, 0.2) is 42.5 Å². The minimum atomic E-state index is -0.426. The lowest BCUT2D eigenvalue weighted by Gasteiger charge is -2.28. The number of hydrogen-bond acceptors (Lipinski definition) is 5. The van der Waals surface area contributed by atoms with Gasteiger partial charge in [-0.3, -0.25) is 14.5 Å². The van der Waals surface area contributed by atoms with Crippen LogP contribution in [-0.2, 0) is 14.3 Å². The van der Waals surface area contributed by atoms with Gasteiger partial charge in [0.2, 0.25) is 5.91 Å². The highest BCUT2D eigenvalue weighted by atomic mass is 35.5. The van der Waals surface area contributed by atoms with Crippen molar-refractivity contribution in [2.45, 2.75) is 6.92 Å². The molecule has 8 heteroatoms. The maximum absolute atomic E-state index is 12.4. The average molecular weight is 389 g/mol. The molecule has 7 nitrogen and oxygen atoms in total. The van der Waals surface area contributed by atoms with Crippen molar-refractivity contribution in [2.24, 2.45) is 0 Å². The second-order valence-electron chi connectivity index (χ2n) is 5.73. The first-order valence-electron chi connectivity index (χ1n) is 8.27. The summed E-state index contributed by atoms with van der Waals surface area (Å²) in [4.78, 5) is 37.5. The molecule has 0 aromatic heterocycles. The highest BCUT2D eigenvalue weighted by Crippen LogP contribution is 2.34. The van der Waals surface area contributed by atoms with Crippen molar-refractivity contribution in [3.63, 3.8) is 0 Å². The third-order valence-corrected chi connectivity index (χ3v) is 4.08. The number of ether oxygens (including phenoxy) is 2. The summed E-state index contributed by atoms with van der Waals surface area (Å²) in [7, 11) is 0. The van der Waals surface area contributed by atoms with Crippen LogP contribution in [0.2, 0.25) is 5.02 Å². The quantitative estimate of drug-likeness (QED) is 0.796.